The van der Waals surface area contributed by atoms with Crippen molar-refractivity contribution >= 4 is 11.8 Å². The van der Waals surface area contributed by atoms with Crippen molar-refractivity contribution in [3.63, 3.8) is 0 Å². The fourth-order valence-corrected chi connectivity index (χ4v) is 2.32. The zero-order valence-electron chi connectivity index (χ0n) is 12.0. The second kappa shape index (κ2) is 5.15. The summed E-state index contributed by atoms with van der Waals surface area (Å²) < 4.78 is 0. The van der Waals surface area contributed by atoms with Crippen LogP contribution < -0.4 is 5.32 Å². The summed E-state index contributed by atoms with van der Waals surface area (Å²) in [6.45, 7) is 5.72. The smallest absolute Gasteiger partial charge is 0.246 e. The molecule has 1 fully saturated rings. The number of phenols is 1. The molecule has 0 aliphatic carbocycles. The fraction of sp³-hybridized carbons (Fsp3) is 0.467. The minimum absolute atomic E-state index is 0.0647. The van der Waals surface area contributed by atoms with E-state index >= 15 is 0 Å². The molecule has 0 radical (unpaired) electrons. The Kier molecular flexibility index (Phi) is 3.70. The van der Waals surface area contributed by atoms with Crippen LogP contribution in [0.2, 0.25) is 0 Å². The number of hydrogen-bond donors (Lipinski definition) is 2. The molecule has 0 saturated carbocycles. The van der Waals surface area contributed by atoms with Crippen molar-refractivity contribution in [1.82, 2.24) is 10.2 Å². The normalized spacial score (nSPS) is 21.8. The van der Waals surface area contributed by atoms with E-state index in [1.54, 1.807) is 43.0 Å². The van der Waals surface area contributed by atoms with Crippen LogP contribution >= 0.6 is 0 Å². The molecule has 108 valence electrons. The van der Waals surface area contributed by atoms with E-state index in [-0.39, 0.29) is 17.6 Å². The van der Waals surface area contributed by atoms with Crippen molar-refractivity contribution < 1.29 is 14.7 Å². The van der Waals surface area contributed by atoms with Gasteiger partial charge in [-0.3, -0.25) is 9.59 Å². The molecule has 5 nitrogen and oxygen atoms in total. The third-order valence-corrected chi connectivity index (χ3v) is 3.79. The maximum Gasteiger partial charge on any atom is 0.246 e. The molecule has 1 aliphatic rings. The van der Waals surface area contributed by atoms with Crippen LogP contribution in [-0.4, -0.2) is 33.4 Å². The highest BCUT2D eigenvalue weighted by atomic mass is 16.3. The van der Waals surface area contributed by atoms with Gasteiger partial charge >= 0.3 is 0 Å². The van der Waals surface area contributed by atoms with E-state index in [4.69, 9.17) is 0 Å². The van der Waals surface area contributed by atoms with Crippen LogP contribution in [0.5, 0.6) is 5.75 Å². The van der Waals surface area contributed by atoms with Gasteiger partial charge in [0.2, 0.25) is 11.8 Å². The minimum Gasteiger partial charge on any atom is -0.508 e. The first-order chi connectivity index (χ1) is 9.36. The molecule has 0 bridgehead atoms. The molecule has 1 saturated heterocycles. The highest BCUT2D eigenvalue weighted by Crippen LogP contribution is 2.25. The predicted octanol–water partition coefficient (Wildman–Crippen LogP) is 1.41. The minimum atomic E-state index is -0.874. The van der Waals surface area contributed by atoms with Crippen molar-refractivity contribution in [2.45, 2.75) is 45.3 Å². The number of nitrogens with one attached hydrogen (secondary N) is 1. The van der Waals surface area contributed by atoms with Gasteiger partial charge in [0.05, 0.1) is 0 Å². The number of phenolic OH excluding ortho intramolecular Hbond substituents is 1. The second-order valence-electron chi connectivity index (χ2n) is 5.58. The summed E-state index contributed by atoms with van der Waals surface area (Å²) in [7, 11) is 0. The summed E-state index contributed by atoms with van der Waals surface area (Å²) in [6.07, 6.45) is 0.576. The molecular weight excluding hydrogens is 256 g/mol. The summed E-state index contributed by atoms with van der Waals surface area (Å²) in [4.78, 5) is 26.2. The number of amides is 2. The Morgan fingerprint density at radius 2 is 1.85 bits per heavy atom. The van der Waals surface area contributed by atoms with E-state index in [0.717, 1.165) is 5.56 Å². The Hall–Kier alpha value is -2.04. The summed E-state index contributed by atoms with van der Waals surface area (Å²) in [5.74, 6) is -0.0185. The first-order valence-corrected chi connectivity index (χ1v) is 6.76. The first-order valence-electron chi connectivity index (χ1n) is 6.76. The van der Waals surface area contributed by atoms with Gasteiger partial charge in [0.25, 0.3) is 0 Å². The van der Waals surface area contributed by atoms with Crippen LogP contribution in [0.15, 0.2) is 24.3 Å². The average molecular weight is 276 g/mol. The molecule has 1 aromatic rings. The van der Waals surface area contributed by atoms with Crippen molar-refractivity contribution in [3.05, 3.63) is 29.8 Å². The number of rotatable bonds is 3. The fourth-order valence-electron chi connectivity index (χ4n) is 2.32. The Bertz CT molecular complexity index is 522. The number of piperazine rings is 1. The van der Waals surface area contributed by atoms with E-state index in [1.807, 2.05) is 6.92 Å². The molecule has 2 rings (SSSR count). The summed E-state index contributed by atoms with van der Waals surface area (Å²) >= 11 is 0. The van der Waals surface area contributed by atoms with Gasteiger partial charge in [0.15, 0.2) is 0 Å². The largest absolute Gasteiger partial charge is 0.508 e. The molecule has 0 aromatic heterocycles. The molecule has 0 spiro atoms. The van der Waals surface area contributed by atoms with Gasteiger partial charge in [-0.15, -0.1) is 0 Å². The summed E-state index contributed by atoms with van der Waals surface area (Å²) in [6, 6.07) is 6.22. The van der Waals surface area contributed by atoms with Crippen molar-refractivity contribution in [3.8, 4) is 5.75 Å². The lowest BCUT2D eigenvalue weighted by Gasteiger charge is -2.44. The zero-order valence-corrected chi connectivity index (χ0v) is 12.0. The number of hydrogen-bond acceptors (Lipinski definition) is 3. The van der Waals surface area contributed by atoms with Crippen LogP contribution in [0, 0.1) is 0 Å². The van der Waals surface area contributed by atoms with Gasteiger partial charge < -0.3 is 15.3 Å². The molecule has 5 heteroatoms. The molecule has 1 unspecified atom stereocenters. The molecule has 1 aromatic carbocycles. The number of aromatic hydroxyl groups is 1. The maximum atomic E-state index is 12.5. The third-order valence-electron chi connectivity index (χ3n) is 3.79. The maximum absolute atomic E-state index is 12.5. The Balaban J connectivity index is 2.27. The van der Waals surface area contributed by atoms with Gasteiger partial charge in [0, 0.05) is 6.54 Å². The van der Waals surface area contributed by atoms with Crippen LogP contribution in [-0.2, 0) is 16.1 Å². The Labute approximate surface area is 118 Å². The number of carbonyl (C=O) groups is 2. The van der Waals surface area contributed by atoms with Crippen LogP contribution in [0.4, 0.5) is 0 Å². The van der Waals surface area contributed by atoms with E-state index < -0.39 is 11.6 Å². The van der Waals surface area contributed by atoms with E-state index in [2.05, 4.69) is 5.32 Å². The van der Waals surface area contributed by atoms with Crippen LogP contribution in [0.25, 0.3) is 0 Å². The average Bonchev–Trinajstić information content (AvgIpc) is 2.41. The standard InChI is InChI=1S/C15H20N2O3/c1-4-12-13(19)17(15(2,3)14(20)16-12)9-10-5-7-11(18)8-6-10/h5-8,12,18H,4,9H2,1-3H3,(H,16,20). The third kappa shape index (κ3) is 2.48. The summed E-state index contributed by atoms with van der Waals surface area (Å²) in [5.41, 5.74) is 0.00876. The topological polar surface area (TPSA) is 69.6 Å². The lowest BCUT2D eigenvalue weighted by atomic mass is 9.94. The monoisotopic (exact) mass is 276 g/mol. The molecule has 1 aliphatic heterocycles. The highest BCUT2D eigenvalue weighted by Gasteiger charge is 2.45. The molecule has 2 N–H and O–H groups in total. The van der Waals surface area contributed by atoms with E-state index in [1.165, 1.54) is 0 Å². The molecule has 20 heavy (non-hydrogen) atoms. The molecule has 1 atom stereocenters. The Morgan fingerprint density at radius 3 is 2.40 bits per heavy atom. The van der Waals surface area contributed by atoms with Gasteiger partial charge in [-0.25, -0.2) is 0 Å². The van der Waals surface area contributed by atoms with Gasteiger partial charge in [0.1, 0.15) is 17.3 Å². The predicted molar refractivity (Wildman–Crippen MR) is 75.0 cm³/mol. The lowest BCUT2D eigenvalue weighted by molar-refractivity contribution is -0.156. The van der Waals surface area contributed by atoms with Crippen molar-refractivity contribution in [2.75, 3.05) is 0 Å². The zero-order chi connectivity index (χ0) is 14.9. The van der Waals surface area contributed by atoms with E-state index in [0.29, 0.717) is 13.0 Å². The van der Waals surface area contributed by atoms with Gasteiger partial charge in [-0.1, -0.05) is 19.1 Å². The Morgan fingerprint density at radius 1 is 1.25 bits per heavy atom. The van der Waals surface area contributed by atoms with Gasteiger partial charge in [-0.2, -0.15) is 0 Å². The van der Waals surface area contributed by atoms with Crippen LogP contribution in [0.1, 0.15) is 32.8 Å². The molecular formula is C15H20N2O3. The highest BCUT2D eigenvalue weighted by molar-refractivity contribution is 5.99. The number of nitrogens with zero attached hydrogens (tertiary/aromatic N) is 1. The van der Waals surface area contributed by atoms with Crippen LogP contribution in [0.3, 0.4) is 0 Å². The SMILES string of the molecule is CCC1NC(=O)C(C)(C)N(Cc2ccc(O)cc2)C1=O. The number of benzene rings is 1. The van der Waals surface area contributed by atoms with Gasteiger partial charge in [-0.05, 0) is 38.0 Å². The van der Waals surface area contributed by atoms with Crippen molar-refractivity contribution in [2.24, 2.45) is 0 Å². The molecule has 2 amide bonds. The van der Waals surface area contributed by atoms with Crippen molar-refractivity contribution in [1.29, 1.82) is 0 Å². The summed E-state index contributed by atoms with van der Waals surface area (Å²) in [5, 5.41) is 12.1. The van der Waals surface area contributed by atoms with E-state index in [9.17, 15) is 14.7 Å². The number of carbonyl (C=O) groups excluding carboxylic acids is 2. The first kappa shape index (κ1) is 14.4. The lowest BCUT2D eigenvalue weighted by Crippen LogP contribution is -2.67. The molecule has 1 heterocycles. The quantitative estimate of drug-likeness (QED) is 0.877. The second-order valence-corrected chi connectivity index (χ2v) is 5.58.